The van der Waals surface area contributed by atoms with Gasteiger partial charge in [0.15, 0.2) is 0 Å². The Morgan fingerprint density at radius 3 is 2.33 bits per heavy atom. The predicted molar refractivity (Wildman–Crippen MR) is 123 cm³/mol. The zero-order valence-electron chi connectivity index (χ0n) is 17.5. The Morgan fingerprint density at radius 1 is 1.00 bits per heavy atom. The number of ether oxygens (including phenoxy) is 1. The van der Waals surface area contributed by atoms with Crippen molar-refractivity contribution in [3.05, 3.63) is 70.6 Å². The average Bonchev–Trinajstić information content (AvgIpc) is 3.17. The lowest BCUT2D eigenvalue weighted by Crippen LogP contribution is -2.22. The summed E-state index contributed by atoms with van der Waals surface area (Å²) in [5, 5.41) is 8.35. The van der Waals surface area contributed by atoms with Crippen molar-refractivity contribution in [3.8, 4) is 11.1 Å². The first-order chi connectivity index (χ1) is 14.5. The molecule has 30 heavy (non-hydrogen) atoms. The molecule has 2 N–H and O–H groups in total. The maximum atomic E-state index is 12.6. The summed E-state index contributed by atoms with van der Waals surface area (Å²) >= 11 is 1.32. The van der Waals surface area contributed by atoms with Crippen molar-refractivity contribution in [1.29, 1.82) is 0 Å². The van der Waals surface area contributed by atoms with Crippen molar-refractivity contribution in [1.82, 2.24) is 0 Å². The Kier molecular flexibility index (Phi) is 7.25. The number of benzene rings is 2. The molecule has 0 saturated carbocycles. The minimum absolute atomic E-state index is 0.103. The van der Waals surface area contributed by atoms with E-state index in [1.165, 1.54) is 16.9 Å². The average molecular weight is 423 g/mol. The number of carbonyl (C=O) groups is 2. The minimum Gasteiger partial charge on any atom is -0.462 e. The molecule has 0 bridgehead atoms. The Balaban J connectivity index is 1.76. The molecule has 0 unspecified atom stereocenters. The van der Waals surface area contributed by atoms with Crippen LogP contribution in [0.1, 0.15) is 35.3 Å². The third kappa shape index (κ3) is 5.27. The first-order valence-electron chi connectivity index (χ1n) is 10.00. The number of aryl methyl sites for hydroxylation is 2. The molecule has 1 amide bonds. The summed E-state index contributed by atoms with van der Waals surface area (Å²) in [4.78, 5) is 25.1. The van der Waals surface area contributed by atoms with E-state index in [0.29, 0.717) is 10.6 Å². The number of esters is 1. The number of anilines is 2. The number of hydrogen-bond acceptors (Lipinski definition) is 5. The van der Waals surface area contributed by atoms with Crippen molar-refractivity contribution in [2.45, 2.75) is 27.2 Å². The van der Waals surface area contributed by atoms with Crippen LogP contribution >= 0.6 is 11.3 Å². The normalized spacial score (nSPS) is 10.5. The van der Waals surface area contributed by atoms with Crippen molar-refractivity contribution in [3.63, 3.8) is 0 Å². The molecule has 0 aliphatic heterocycles. The second-order valence-electron chi connectivity index (χ2n) is 6.89. The van der Waals surface area contributed by atoms with E-state index < -0.39 is 5.97 Å². The molecular weight excluding hydrogens is 396 g/mol. The van der Waals surface area contributed by atoms with Crippen LogP contribution in [0.3, 0.4) is 0 Å². The molecule has 0 fully saturated rings. The van der Waals surface area contributed by atoms with Crippen LogP contribution in [-0.4, -0.2) is 25.0 Å². The fourth-order valence-electron chi connectivity index (χ4n) is 3.01. The molecule has 0 aliphatic carbocycles. The number of rotatable bonds is 8. The van der Waals surface area contributed by atoms with Gasteiger partial charge in [-0.05, 0) is 43.5 Å². The van der Waals surface area contributed by atoms with Gasteiger partial charge in [-0.3, -0.25) is 4.79 Å². The lowest BCUT2D eigenvalue weighted by molar-refractivity contribution is -0.114. The standard InChI is InChI=1S/C24H26N2O3S/c1-4-17-8-12-19(13-9-17)25-14-21(27)26-23-22(24(28)29-5-2)20(15-30-23)18-10-6-16(3)7-11-18/h6-13,15,25H,4-5,14H2,1-3H3,(H,26,27). The highest BCUT2D eigenvalue weighted by Gasteiger charge is 2.22. The topological polar surface area (TPSA) is 67.4 Å². The van der Waals surface area contributed by atoms with Gasteiger partial charge in [-0.2, -0.15) is 0 Å². The van der Waals surface area contributed by atoms with E-state index in [1.807, 2.05) is 60.8 Å². The number of thiophene rings is 1. The van der Waals surface area contributed by atoms with Crippen molar-refractivity contribution in [2.24, 2.45) is 0 Å². The fourth-order valence-corrected chi connectivity index (χ4v) is 3.99. The Labute approximate surface area is 181 Å². The van der Waals surface area contributed by atoms with Gasteiger partial charge in [0, 0.05) is 16.6 Å². The quantitative estimate of drug-likeness (QED) is 0.470. The molecule has 3 aromatic rings. The summed E-state index contributed by atoms with van der Waals surface area (Å²) in [6.07, 6.45) is 0.971. The molecule has 0 radical (unpaired) electrons. The first-order valence-corrected chi connectivity index (χ1v) is 10.9. The lowest BCUT2D eigenvalue weighted by atomic mass is 10.0. The van der Waals surface area contributed by atoms with Gasteiger partial charge in [0.2, 0.25) is 5.91 Å². The van der Waals surface area contributed by atoms with Gasteiger partial charge in [0.05, 0.1) is 13.2 Å². The molecule has 0 spiro atoms. The van der Waals surface area contributed by atoms with Crippen LogP contribution in [0, 0.1) is 6.92 Å². The van der Waals surface area contributed by atoms with Gasteiger partial charge in [0.25, 0.3) is 0 Å². The van der Waals surface area contributed by atoms with Gasteiger partial charge in [0.1, 0.15) is 10.6 Å². The SMILES string of the molecule is CCOC(=O)c1c(-c2ccc(C)cc2)csc1NC(=O)CNc1ccc(CC)cc1. The van der Waals surface area contributed by atoms with E-state index in [0.717, 1.165) is 28.8 Å². The largest absolute Gasteiger partial charge is 0.462 e. The zero-order valence-corrected chi connectivity index (χ0v) is 18.3. The van der Waals surface area contributed by atoms with Gasteiger partial charge in [-0.25, -0.2) is 4.79 Å². The van der Waals surface area contributed by atoms with Crippen LogP contribution in [0.4, 0.5) is 10.7 Å². The molecule has 0 aliphatic rings. The molecule has 156 valence electrons. The second kappa shape index (κ2) is 10.1. The summed E-state index contributed by atoms with van der Waals surface area (Å²) in [6.45, 7) is 6.25. The third-order valence-electron chi connectivity index (χ3n) is 4.70. The van der Waals surface area contributed by atoms with E-state index >= 15 is 0 Å². The van der Waals surface area contributed by atoms with E-state index in [9.17, 15) is 9.59 Å². The third-order valence-corrected chi connectivity index (χ3v) is 5.60. The molecule has 3 rings (SSSR count). The summed E-state index contributed by atoms with van der Waals surface area (Å²) < 4.78 is 5.25. The minimum atomic E-state index is -0.437. The van der Waals surface area contributed by atoms with Crippen LogP contribution < -0.4 is 10.6 Å². The lowest BCUT2D eigenvalue weighted by Gasteiger charge is -2.10. The molecule has 0 saturated heterocycles. The van der Waals surface area contributed by atoms with Crippen molar-refractivity contribution < 1.29 is 14.3 Å². The van der Waals surface area contributed by atoms with Crippen molar-refractivity contribution in [2.75, 3.05) is 23.8 Å². The van der Waals surface area contributed by atoms with E-state index in [2.05, 4.69) is 17.6 Å². The van der Waals surface area contributed by atoms with Gasteiger partial charge >= 0.3 is 5.97 Å². The smallest absolute Gasteiger partial charge is 0.341 e. The number of nitrogens with one attached hydrogen (secondary N) is 2. The van der Waals surface area contributed by atoms with Crippen LogP contribution in [0.15, 0.2) is 53.9 Å². The Hall–Kier alpha value is -3.12. The van der Waals surface area contributed by atoms with Crippen molar-refractivity contribution >= 4 is 33.9 Å². The van der Waals surface area contributed by atoms with Crippen LogP contribution in [0.5, 0.6) is 0 Å². The molecular formula is C24H26N2O3S. The van der Waals surface area contributed by atoms with Gasteiger partial charge in [-0.15, -0.1) is 11.3 Å². The first kappa shape index (κ1) is 21.6. The second-order valence-corrected chi connectivity index (χ2v) is 7.77. The summed E-state index contributed by atoms with van der Waals surface area (Å²) in [5.41, 5.74) is 5.32. The van der Waals surface area contributed by atoms with E-state index in [4.69, 9.17) is 4.74 Å². The van der Waals surface area contributed by atoms with Gasteiger partial charge < -0.3 is 15.4 Å². The van der Waals surface area contributed by atoms with Crippen LogP contribution in [0.25, 0.3) is 11.1 Å². The zero-order chi connectivity index (χ0) is 21.5. The summed E-state index contributed by atoms with van der Waals surface area (Å²) in [5.74, 6) is -0.662. The highest BCUT2D eigenvalue weighted by atomic mass is 32.1. The Bertz CT molecular complexity index is 1010. The van der Waals surface area contributed by atoms with Crippen LogP contribution in [-0.2, 0) is 16.0 Å². The molecule has 5 nitrogen and oxygen atoms in total. The molecule has 1 aromatic heterocycles. The predicted octanol–water partition coefficient (Wildman–Crippen LogP) is 5.51. The highest BCUT2D eigenvalue weighted by molar-refractivity contribution is 7.15. The van der Waals surface area contributed by atoms with Crippen LogP contribution in [0.2, 0.25) is 0 Å². The maximum Gasteiger partial charge on any atom is 0.341 e. The summed E-state index contributed by atoms with van der Waals surface area (Å²) in [6, 6.07) is 15.9. The fraction of sp³-hybridized carbons (Fsp3) is 0.250. The van der Waals surface area contributed by atoms with Gasteiger partial charge in [-0.1, -0.05) is 48.9 Å². The molecule has 1 heterocycles. The number of amides is 1. The van der Waals surface area contributed by atoms with E-state index in [1.54, 1.807) is 6.92 Å². The Morgan fingerprint density at radius 2 is 1.70 bits per heavy atom. The monoisotopic (exact) mass is 422 g/mol. The number of carbonyl (C=O) groups excluding carboxylic acids is 2. The maximum absolute atomic E-state index is 12.6. The molecule has 6 heteroatoms. The van der Waals surface area contributed by atoms with E-state index in [-0.39, 0.29) is 19.1 Å². The highest BCUT2D eigenvalue weighted by Crippen LogP contribution is 2.36. The molecule has 0 atom stereocenters. The molecule has 2 aromatic carbocycles. The summed E-state index contributed by atoms with van der Waals surface area (Å²) in [7, 11) is 0. The number of hydrogen-bond donors (Lipinski definition) is 2.